The number of nitrogens with one attached hydrogen (secondary N) is 2. The Morgan fingerprint density at radius 2 is 1.42 bits per heavy atom. The maximum Gasteiger partial charge on any atom is 0.191 e. The summed E-state index contributed by atoms with van der Waals surface area (Å²) < 4.78 is 0. The fourth-order valence-corrected chi connectivity index (χ4v) is 2.69. The van der Waals surface area contributed by atoms with Crippen LogP contribution in [-0.4, -0.2) is 10.8 Å². The van der Waals surface area contributed by atoms with E-state index >= 15 is 0 Å². The Bertz CT molecular complexity index is 898. The summed E-state index contributed by atoms with van der Waals surface area (Å²) in [7, 11) is 0. The standard InChI is InChI=1S/C22H21N3S/c1-16-8-14-21(15-9-16)23-22(26)25-24-17(2)18-10-12-20(13-11-18)19-6-4-3-5-7-19/h3-15H,1-2H3,(H2,23,25,26)/b24-17-. The fraction of sp³-hybridized carbons (Fsp3) is 0.0909. The first-order chi connectivity index (χ1) is 12.6. The molecule has 0 heterocycles. The van der Waals surface area contributed by atoms with Gasteiger partial charge in [0.25, 0.3) is 0 Å². The Morgan fingerprint density at radius 3 is 2.08 bits per heavy atom. The quantitative estimate of drug-likeness (QED) is 0.373. The Labute approximate surface area is 159 Å². The topological polar surface area (TPSA) is 36.4 Å². The van der Waals surface area contributed by atoms with Crippen molar-refractivity contribution < 1.29 is 0 Å². The Hall–Kier alpha value is -2.98. The van der Waals surface area contributed by atoms with Crippen molar-refractivity contribution in [2.45, 2.75) is 13.8 Å². The summed E-state index contributed by atoms with van der Waals surface area (Å²) in [4.78, 5) is 0. The molecule has 0 bridgehead atoms. The summed E-state index contributed by atoms with van der Waals surface area (Å²) in [6.07, 6.45) is 0. The van der Waals surface area contributed by atoms with Gasteiger partial charge in [0.05, 0.1) is 5.71 Å². The minimum atomic E-state index is 0.467. The zero-order valence-electron chi connectivity index (χ0n) is 14.9. The summed E-state index contributed by atoms with van der Waals surface area (Å²) in [5.41, 5.74) is 9.36. The molecule has 3 aromatic carbocycles. The molecule has 0 aliphatic carbocycles. The molecule has 0 saturated heterocycles. The molecule has 0 amide bonds. The third-order valence-electron chi connectivity index (χ3n) is 4.04. The second kappa shape index (κ2) is 8.41. The number of nitrogens with zero attached hydrogens (tertiary/aromatic N) is 1. The summed E-state index contributed by atoms with van der Waals surface area (Å²) in [6, 6.07) is 26.7. The SMILES string of the molecule is C/C(=N/NC(=S)Nc1ccc(C)cc1)c1ccc(-c2ccccc2)cc1. The van der Waals surface area contributed by atoms with Crippen LogP contribution in [0.25, 0.3) is 11.1 Å². The van der Waals surface area contributed by atoms with Gasteiger partial charge in [0, 0.05) is 5.69 Å². The van der Waals surface area contributed by atoms with Crippen molar-refractivity contribution in [3.8, 4) is 11.1 Å². The van der Waals surface area contributed by atoms with E-state index in [-0.39, 0.29) is 0 Å². The number of benzene rings is 3. The largest absolute Gasteiger partial charge is 0.331 e. The fourth-order valence-electron chi connectivity index (χ4n) is 2.53. The van der Waals surface area contributed by atoms with Crippen LogP contribution in [0.3, 0.4) is 0 Å². The highest BCUT2D eigenvalue weighted by Gasteiger charge is 2.01. The van der Waals surface area contributed by atoms with E-state index in [1.165, 1.54) is 16.7 Å². The van der Waals surface area contributed by atoms with Crippen LogP contribution < -0.4 is 10.7 Å². The van der Waals surface area contributed by atoms with E-state index in [2.05, 4.69) is 59.2 Å². The highest BCUT2D eigenvalue weighted by molar-refractivity contribution is 7.80. The minimum absolute atomic E-state index is 0.467. The van der Waals surface area contributed by atoms with Crippen molar-refractivity contribution in [1.82, 2.24) is 5.43 Å². The smallest absolute Gasteiger partial charge is 0.191 e. The van der Waals surface area contributed by atoms with Crippen molar-refractivity contribution in [2.24, 2.45) is 5.10 Å². The van der Waals surface area contributed by atoms with Gasteiger partial charge < -0.3 is 5.32 Å². The lowest BCUT2D eigenvalue weighted by Gasteiger charge is -2.09. The average molecular weight is 359 g/mol. The summed E-state index contributed by atoms with van der Waals surface area (Å²) >= 11 is 5.29. The molecule has 3 aromatic rings. The van der Waals surface area contributed by atoms with E-state index in [1.54, 1.807) is 0 Å². The molecule has 4 heteroatoms. The minimum Gasteiger partial charge on any atom is -0.331 e. The normalized spacial score (nSPS) is 11.1. The number of hydrogen-bond donors (Lipinski definition) is 2. The first-order valence-electron chi connectivity index (χ1n) is 8.45. The summed E-state index contributed by atoms with van der Waals surface area (Å²) in [5, 5.41) is 7.96. The van der Waals surface area contributed by atoms with Crippen LogP contribution in [0.4, 0.5) is 5.69 Å². The maximum atomic E-state index is 5.29. The highest BCUT2D eigenvalue weighted by Crippen LogP contribution is 2.19. The number of anilines is 1. The van der Waals surface area contributed by atoms with Crippen molar-refractivity contribution >= 4 is 28.7 Å². The van der Waals surface area contributed by atoms with Crippen LogP contribution in [0.2, 0.25) is 0 Å². The molecule has 0 saturated carbocycles. The number of thiocarbonyl (C=S) groups is 1. The van der Waals surface area contributed by atoms with Crippen LogP contribution in [-0.2, 0) is 0 Å². The van der Waals surface area contributed by atoms with E-state index in [9.17, 15) is 0 Å². The van der Waals surface area contributed by atoms with Gasteiger partial charge in [-0.15, -0.1) is 0 Å². The predicted octanol–water partition coefficient (Wildman–Crippen LogP) is 5.37. The van der Waals surface area contributed by atoms with Gasteiger partial charge in [0.2, 0.25) is 0 Å². The molecule has 3 nitrogen and oxygen atoms in total. The third-order valence-corrected chi connectivity index (χ3v) is 4.24. The molecule has 0 fully saturated rings. The second-order valence-electron chi connectivity index (χ2n) is 6.07. The maximum absolute atomic E-state index is 5.29. The zero-order valence-corrected chi connectivity index (χ0v) is 15.7. The van der Waals surface area contributed by atoms with Crippen molar-refractivity contribution in [1.29, 1.82) is 0 Å². The molecule has 0 unspecified atom stereocenters. The first kappa shape index (κ1) is 17.8. The third kappa shape index (κ3) is 4.77. The summed E-state index contributed by atoms with van der Waals surface area (Å²) in [6.45, 7) is 4.01. The lowest BCUT2D eigenvalue weighted by Crippen LogP contribution is -2.24. The Balaban J connectivity index is 1.62. The first-order valence-corrected chi connectivity index (χ1v) is 8.86. The molecule has 26 heavy (non-hydrogen) atoms. The van der Waals surface area contributed by atoms with Crippen molar-refractivity contribution in [3.05, 3.63) is 90.0 Å². The average Bonchev–Trinajstić information content (AvgIpc) is 2.69. The van der Waals surface area contributed by atoms with Crippen LogP contribution in [0.15, 0.2) is 84.0 Å². The van der Waals surface area contributed by atoms with E-state index in [0.29, 0.717) is 5.11 Å². The molecule has 0 aliphatic rings. The lowest BCUT2D eigenvalue weighted by atomic mass is 10.0. The molecular weight excluding hydrogens is 338 g/mol. The van der Waals surface area contributed by atoms with Gasteiger partial charge >= 0.3 is 0 Å². The van der Waals surface area contributed by atoms with Crippen molar-refractivity contribution in [2.75, 3.05) is 5.32 Å². The number of rotatable bonds is 4. The van der Waals surface area contributed by atoms with Crippen LogP contribution in [0.5, 0.6) is 0 Å². The monoisotopic (exact) mass is 359 g/mol. The van der Waals surface area contributed by atoms with Gasteiger partial charge in [-0.1, -0.05) is 72.3 Å². The molecule has 0 aliphatic heterocycles. The molecule has 130 valence electrons. The summed E-state index contributed by atoms with van der Waals surface area (Å²) in [5.74, 6) is 0. The molecule has 0 aromatic heterocycles. The van der Waals surface area contributed by atoms with E-state index in [1.807, 2.05) is 49.4 Å². The lowest BCUT2D eigenvalue weighted by molar-refractivity contribution is 1.04. The molecular formula is C22H21N3S. The van der Waals surface area contributed by atoms with Gasteiger partial charge in [-0.3, -0.25) is 5.43 Å². The second-order valence-corrected chi connectivity index (χ2v) is 6.48. The van der Waals surface area contributed by atoms with E-state index < -0.39 is 0 Å². The van der Waals surface area contributed by atoms with Gasteiger partial charge in [0.1, 0.15) is 0 Å². The van der Waals surface area contributed by atoms with Crippen molar-refractivity contribution in [3.63, 3.8) is 0 Å². The zero-order chi connectivity index (χ0) is 18.4. The molecule has 3 rings (SSSR count). The van der Waals surface area contributed by atoms with Gasteiger partial charge in [0.15, 0.2) is 5.11 Å². The van der Waals surface area contributed by atoms with Crippen LogP contribution in [0, 0.1) is 6.92 Å². The number of hydrogen-bond acceptors (Lipinski definition) is 2. The number of hydrazone groups is 1. The highest BCUT2D eigenvalue weighted by atomic mass is 32.1. The molecule has 0 spiro atoms. The molecule has 2 N–H and O–H groups in total. The van der Waals surface area contributed by atoms with E-state index in [4.69, 9.17) is 12.2 Å². The number of aryl methyl sites for hydroxylation is 1. The Morgan fingerprint density at radius 1 is 0.808 bits per heavy atom. The predicted molar refractivity (Wildman–Crippen MR) is 115 cm³/mol. The van der Waals surface area contributed by atoms with Gasteiger partial charge in [-0.2, -0.15) is 5.10 Å². The van der Waals surface area contributed by atoms with Gasteiger partial charge in [-0.05, 0) is 54.9 Å². The van der Waals surface area contributed by atoms with Crippen LogP contribution in [0.1, 0.15) is 18.1 Å². The van der Waals surface area contributed by atoms with E-state index in [0.717, 1.165) is 17.0 Å². The Kier molecular flexibility index (Phi) is 5.77. The van der Waals surface area contributed by atoms with Crippen LogP contribution >= 0.6 is 12.2 Å². The molecule has 0 radical (unpaired) electrons. The van der Waals surface area contributed by atoms with Gasteiger partial charge in [-0.25, -0.2) is 0 Å². The molecule has 0 atom stereocenters.